The Morgan fingerprint density at radius 3 is 2.35 bits per heavy atom. The van der Waals surface area contributed by atoms with E-state index < -0.39 is 5.91 Å². The lowest BCUT2D eigenvalue weighted by atomic mass is 10.2. The molecule has 0 atom stereocenters. The molecule has 31 heavy (non-hydrogen) atoms. The van der Waals surface area contributed by atoms with Gasteiger partial charge in [0.15, 0.2) is 5.69 Å². The summed E-state index contributed by atoms with van der Waals surface area (Å²) in [6.45, 7) is -0.123. The molecule has 4 rings (SSSR count). The highest BCUT2D eigenvalue weighted by molar-refractivity contribution is 14.1. The molecule has 0 radical (unpaired) electrons. The molecule has 7 nitrogen and oxygen atoms in total. The summed E-state index contributed by atoms with van der Waals surface area (Å²) in [5.41, 5.74) is 1.81. The normalized spacial score (nSPS) is 11.1. The first-order chi connectivity index (χ1) is 15.0. The van der Waals surface area contributed by atoms with Crippen LogP contribution in [-0.2, 0) is 11.3 Å². The van der Waals surface area contributed by atoms with E-state index in [2.05, 4.69) is 38.1 Å². The summed E-state index contributed by atoms with van der Waals surface area (Å²) in [6.07, 6.45) is 0. The van der Waals surface area contributed by atoms with Gasteiger partial charge in [0.2, 0.25) is 11.8 Å². The molecule has 0 aliphatic heterocycles. The Labute approximate surface area is 191 Å². The maximum atomic E-state index is 12.5. The standard InChI is InChI=1S/C23H17IN4O3/c24-16-12-10-15(11-13-16)22(30)27-26-21-18-8-4-5-9-19(18)28(23(21)31)14-20(29)25-17-6-2-1-3-7-17/h1-13,31H,14H2,(H,25,29). The first kappa shape index (κ1) is 20.7. The van der Waals surface area contributed by atoms with Crippen molar-refractivity contribution < 1.29 is 14.7 Å². The average molecular weight is 524 g/mol. The summed E-state index contributed by atoms with van der Waals surface area (Å²) < 4.78 is 2.44. The minimum Gasteiger partial charge on any atom is -0.493 e. The summed E-state index contributed by atoms with van der Waals surface area (Å²) in [6, 6.07) is 23.1. The number of carbonyl (C=O) groups excluding carboxylic acids is 2. The zero-order valence-corrected chi connectivity index (χ0v) is 18.4. The predicted molar refractivity (Wildman–Crippen MR) is 127 cm³/mol. The van der Waals surface area contributed by atoms with Crippen LogP contribution in [0.25, 0.3) is 10.9 Å². The maximum absolute atomic E-state index is 12.5. The molecule has 1 aromatic heterocycles. The van der Waals surface area contributed by atoms with Gasteiger partial charge in [0.1, 0.15) is 6.54 Å². The van der Waals surface area contributed by atoms with Crippen molar-refractivity contribution in [2.45, 2.75) is 6.54 Å². The number of fused-ring (bicyclic) bond motifs is 1. The van der Waals surface area contributed by atoms with Crippen LogP contribution in [0.1, 0.15) is 10.4 Å². The van der Waals surface area contributed by atoms with E-state index in [1.54, 1.807) is 60.7 Å². The van der Waals surface area contributed by atoms with E-state index in [1.807, 2.05) is 18.2 Å². The highest BCUT2D eigenvalue weighted by Crippen LogP contribution is 2.38. The van der Waals surface area contributed by atoms with Crippen LogP contribution in [0.15, 0.2) is 89.1 Å². The summed E-state index contributed by atoms with van der Waals surface area (Å²) in [7, 11) is 0. The highest BCUT2D eigenvalue weighted by Gasteiger charge is 2.19. The maximum Gasteiger partial charge on any atom is 0.295 e. The van der Waals surface area contributed by atoms with Crippen molar-refractivity contribution in [1.82, 2.24) is 4.57 Å². The number of rotatable bonds is 5. The van der Waals surface area contributed by atoms with E-state index >= 15 is 0 Å². The lowest BCUT2D eigenvalue weighted by molar-refractivity contribution is -0.116. The van der Waals surface area contributed by atoms with Crippen LogP contribution in [0.5, 0.6) is 5.88 Å². The number of amides is 2. The molecule has 1 heterocycles. The smallest absolute Gasteiger partial charge is 0.295 e. The van der Waals surface area contributed by atoms with Crippen molar-refractivity contribution in [2.24, 2.45) is 10.2 Å². The zero-order valence-electron chi connectivity index (χ0n) is 16.2. The van der Waals surface area contributed by atoms with Crippen LogP contribution in [0.2, 0.25) is 0 Å². The predicted octanol–water partition coefficient (Wildman–Crippen LogP) is 5.51. The first-order valence-corrected chi connectivity index (χ1v) is 10.5. The van der Waals surface area contributed by atoms with Crippen LogP contribution in [-0.4, -0.2) is 21.5 Å². The van der Waals surface area contributed by atoms with Crippen molar-refractivity contribution in [3.05, 3.63) is 88.0 Å². The SMILES string of the molecule is O=C(Cn1c(O)c(N=NC(=O)c2ccc(I)cc2)c2ccccc21)Nc1ccccc1. The molecule has 0 saturated heterocycles. The second-order valence-electron chi connectivity index (χ2n) is 6.70. The Balaban J connectivity index is 1.62. The number of nitrogens with zero attached hydrogens (tertiary/aromatic N) is 3. The number of para-hydroxylation sites is 2. The molecular formula is C23H17IN4O3. The van der Waals surface area contributed by atoms with E-state index in [0.29, 0.717) is 22.2 Å². The summed E-state index contributed by atoms with van der Waals surface area (Å²) in [4.78, 5) is 24.9. The van der Waals surface area contributed by atoms with E-state index in [9.17, 15) is 14.7 Å². The number of benzene rings is 3. The van der Waals surface area contributed by atoms with E-state index in [-0.39, 0.29) is 24.0 Å². The Bertz CT molecular complexity index is 1280. The van der Waals surface area contributed by atoms with Gasteiger partial charge in [-0.1, -0.05) is 36.4 Å². The van der Waals surface area contributed by atoms with Crippen LogP contribution >= 0.6 is 22.6 Å². The second-order valence-corrected chi connectivity index (χ2v) is 7.95. The number of hydrogen-bond acceptors (Lipinski definition) is 4. The fourth-order valence-corrected chi connectivity index (χ4v) is 3.50. The van der Waals surface area contributed by atoms with Gasteiger partial charge in [-0.3, -0.25) is 9.59 Å². The number of aromatic hydroxyl groups is 1. The molecule has 2 N–H and O–H groups in total. The molecule has 4 aromatic rings. The number of nitrogens with one attached hydrogen (secondary N) is 1. The lowest BCUT2D eigenvalue weighted by Crippen LogP contribution is -2.18. The zero-order chi connectivity index (χ0) is 21.8. The minimum atomic E-state index is -0.519. The number of carbonyl (C=O) groups is 2. The van der Waals surface area contributed by atoms with Crippen LogP contribution in [0, 0.1) is 3.57 Å². The van der Waals surface area contributed by atoms with Gasteiger partial charge in [-0.05, 0) is 65.1 Å². The molecule has 3 aromatic carbocycles. The third-order valence-corrected chi connectivity index (χ3v) is 5.33. The van der Waals surface area contributed by atoms with Gasteiger partial charge >= 0.3 is 0 Å². The lowest BCUT2D eigenvalue weighted by Gasteiger charge is -2.08. The Morgan fingerprint density at radius 1 is 0.935 bits per heavy atom. The molecule has 0 bridgehead atoms. The Morgan fingerprint density at radius 2 is 1.61 bits per heavy atom. The molecule has 0 fully saturated rings. The molecule has 2 amide bonds. The summed E-state index contributed by atoms with van der Waals surface area (Å²) in [5, 5.41) is 21.9. The van der Waals surface area contributed by atoms with Crippen LogP contribution < -0.4 is 5.32 Å². The minimum absolute atomic E-state index is 0.123. The van der Waals surface area contributed by atoms with Gasteiger partial charge in [-0.2, -0.15) is 0 Å². The number of aromatic nitrogens is 1. The van der Waals surface area contributed by atoms with Crippen LogP contribution in [0.4, 0.5) is 11.4 Å². The van der Waals surface area contributed by atoms with Gasteiger partial charge < -0.3 is 15.0 Å². The molecule has 8 heteroatoms. The van der Waals surface area contributed by atoms with Crippen molar-refractivity contribution in [3.8, 4) is 5.88 Å². The number of azo groups is 1. The Kier molecular flexibility index (Phi) is 6.08. The van der Waals surface area contributed by atoms with Gasteiger partial charge in [0, 0.05) is 20.2 Å². The third-order valence-electron chi connectivity index (χ3n) is 4.61. The van der Waals surface area contributed by atoms with E-state index in [4.69, 9.17) is 0 Å². The molecular weight excluding hydrogens is 507 g/mol. The first-order valence-electron chi connectivity index (χ1n) is 9.39. The molecule has 0 unspecified atom stereocenters. The largest absolute Gasteiger partial charge is 0.493 e. The van der Waals surface area contributed by atoms with Gasteiger partial charge in [-0.25, -0.2) is 0 Å². The fraction of sp³-hybridized carbons (Fsp3) is 0.0435. The number of anilines is 1. The fourth-order valence-electron chi connectivity index (χ4n) is 3.14. The number of halogens is 1. The van der Waals surface area contributed by atoms with Crippen molar-refractivity contribution in [1.29, 1.82) is 0 Å². The summed E-state index contributed by atoms with van der Waals surface area (Å²) in [5.74, 6) is -1.06. The topological polar surface area (TPSA) is 96.1 Å². The van der Waals surface area contributed by atoms with Gasteiger partial charge in [0.05, 0.1) is 5.52 Å². The average Bonchev–Trinajstić information content (AvgIpc) is 3.04. The molecule has 154 valence electrons. The highest BCUT2D eigenvalue weighted by atomic mass is 127. The molecule has 0 spiro atoms. The van der Waals surface area contributed by atoms with Crippen molar-refractivity contribution in [3.63, 3.8) is 0 Å². The monoisotopic (exact) mass is 524 g/mol. The van der Waals surface area contributed by atoms with Gasteiger partial charge in [-0.15, -0.1) is 10.2 Å². The quantitative estimate of drug-likeness (QED) is 0.266. The number of hydrogen-bond donors (Lipinski definition) is 2. The molecule has 0 aliphatic carbocycles. The van der Waals surface area contributed by atoms with Crippen molar-refractivity contribution in [2.75, 3.05) is 5.32 Å². The van der Waals surface area contributed by atoms with E-state index in [0.717, 1.165) is 3.57 Å². The third kappa shape index (κ3) is 4.64. The van der Waals surface area contributed by atoms with Crippen LogP contribution in [0.3, 0.4) is 0 Å². The molecule has 0 saturated carbocycles. The van der Waals surface area contributed by atoms with Crippen molar-refractivity contribution >= 4 is 56.7 Å². The second kappa shape index (κ2) is 9.09. The molecule has 0 aliphatic rings. The summed E-state index contributed by atoms with van der Waals surface area (Å²) >= 11 is 2.15. The van der Waals surface area contributed by atoms with Gasteiger partial charge in [0.25, 0.3) is 5.91 Å². The van der Waals surface area contributed by atoms with E-state index in [1.165, 1.54) is 4.57 Å². The Hall–Kier alpha value is -3.53.